The molecule has 2 N–H and O–H groups in total. The summed E-state index contributed by atoms with van der Waals surface area (Å²) in [6.07, 6.45) is -3.16. The first-order valence-corrected chi connectivity index (χ1v) is 8.05. The number of anilines is 1. The summed E-state index contributed by atoms with van der Waals surface area (Å²) < 4.78 is 45.6. The van der Waals surface area contributed by atoms with Crippen LogP contribution in [0.2, 0.25) is 0 Å². The Morgan fingerprint density at radius 2 is 2.08 bits per heavy atom. The molecule has 10 heteroatoms. The van der Waals surface area contributed by atoms with E-state index in [2.05, 4.69) is 20.7 Å². The van der Waals surface area contributed by atoms with Gasteiger partial charge in [-0.05, 0) is 39.0 Å². The summed E-state index contributed by atoms with van der Waals surface area (Å²) in [5.41, 5.74) is -0.946. The van der Waals surface area contributed by atoms with Gasteiger partial charge in [0.25, 0.3) is 0 Å². The fraction of sp³-hybridized carbons (Fsp3) is 0.438. The summed E-state index contributed by atoms with van der Waals surface area (Å²) in [6, 6.07) is 1.76. The van der Waals surface area contributed by atoms with Crippen LogP contribution in [0, 0.1) is 0 Å². The number of hydrogen-bond acceptors (Lipinski definition) is 4. The van der Waals surface area contributed by atoms with E-state index in [-0.39, 0.29) is 18.0 Å². The summed E-state index contributed by atoms with van der Waals surface area (Å²) in [6.45, 7) is 6.09. The Bertz CT molecular complexity index is 761. The van der Waals surface area contributed by atoms with Crippen LogP contribution in [0.4, 0.5) is 23.7 Å². The maximum absolute atomic E-state index is 12.9. The Morgan fingerprint density at radius 1 is 1.35 bits per heavy atom. The van der Waals surface area contributed by atoms with Crippen molar-refractivity contribution in [2.75, 3.05) is 11.9 Å². The largest absolute Gasteiger partial charge is 0.492 e. The summed E-state index contributed by atoms with van der Waals surface area (Å²) >= 11 is 0. The Kier molecular flexibility index (Phi) is 6.06. The van der Waals surface area contributed by atoms with Crippen molar-refractivity contribution in [3.05, 3.63) is 35.9 Å². The molecule has 7 nitrogen and oxygen atoms in total. The minimum absolute atomic E-state index is 0.0664. The van der Waals surface area contributed by atoms with E-state index >= 15 is 0 Å². The fourth-order valence-electron chi connectivity index (χ4n) is 2.36. The summed E-state index contributed by atoms with van der Waals surface area (Å²) in [7, 11) is 0. The van der Waals surface area contributed by atoms with Gasteiger partial charge < -0.3 is 15.4 Å². The van der Waals surface area contributed by atoms with Gasteiger partial charge in [-0.3, -0.25) is 0 Å². The highest BCUT2D eigenvalue weighted by Gasteiger charge is 2.31. The minimum atomic E-state index is -4.53. The van der Waals surface area contributed by atoms with Gasteiger partial charge in [0, 0.05) is 6.54 Å². The maximum Gasteiger partial charge on any atom is 0.416 e. The Morgan fingerprint density at radius 3 is 2.69 bits per heavy atom. The van der Waals surface area contributed by atoms with E-state index in [1.807, 2.05) is 6.92 Å². The number of amides is 2. The van der Waals surface area contributed by atoms with Crippen molar-refractivity contribution >= 4 is 11.7 Å². The second kappa shape index (κ2) is 8.07. The molecule has 2 aromatic rings. The van der Waals surface area contributed by atoms with Crippen LogP contribution in [0.1, 0.15) is 38.2 Å². The monoisotopic (exact) mass is 371 g/mol. The number of urea groups is 1. The number of nitrogens with zero attached hydrogens (tertiary/aromatic N) is 3. The zero-order valence-corrected chi connectivity index (χ0v) is 14.6. The van der Waals surface area contributed by atoms with Gasteiger partial charge >= 0.3 is 12.2 Å². The van der Waals surface area contributed by atoms with Crippen LogP contribution in [0.5, 0.6) is 5.75 Å². The molecule has 0 fully saturated rings. The first kappa shape index (κ1) is 19.5. The van der Waals surface area contributed by atoms with E-state index < -0.39 is 23.8 Å². The number of rotatable bonds is 6. The van der Waals surface area contributed by atoms with Gasteiger partial charge in [0.05, 0.1) is 23.9 Å². The first-order valence-electron chi connectivity index (χ1n) is 8.05. The van der Waals surface area contributed by atoms with Crippen LogP contribution in [-0.2, 0) is 12.7 Å². The van der Waals surface area contributed by atoms with Gasteiger partial charge in [-0.1, -0.05) is 0 Å². The van der Waals surface area contributed by atoms with Crippen LogP contribution in [0.15, 0.2) is 24.5 Å². The van der Waals surface area contributed by atoms with Crippen LogP contribution >= 0.6 is 0 Å². The number of aromatic nitrogens is 3. The third kappa shape index (κ3) is 4.64. The lowest BCUT2D eigenvalue weighted by Gasteiger charge is -2.17. The SMILES string of the molecule is CCOc1ccc(C(F)(F)F)cc1NC(=O)NC(C)c1ncnn1CC. The van der Waals surface area contributed by atoms with Gasteiger partial charge in [0.1, 0.15) is 17.9 Å². The number of ether oxygens (including phenoxy) is 1. The van der Waals surface area contributed by atoms with Crippen LogP contribution in [0.3, 0.4) is 0 Å². The predicted molar refractivity (Wildman–Crippen MR) is 88.9 cm³/mol. The number of carbonyl (C=O) groups excluding carboxylic acids is 1. The van der Waals surface area contributed by atoms with Gasteiger partial charge in [-0.15, -0.1) is 0 Å². The number of alkyl halides is 3. The van der Waals surface area contributed by atoms with E-state index in [1.165, 1.54) is 12.4 Å². The molecule has 1 aromatic carbocycles. The van der Waals surface area contributed by atoms with Crippen LogP contribution < -0.4 is 15.4 Å². The van der Waals surface area contributed by atoms with Crippen LogP contribution in [-0.4, -0.2) is 27.4 Å². The smallest absolute Gasteiger partial charge is 0.416 e. The zero-order valence-electron chi connectivity index (χ0n) is 14.6. The molecule has 0 saturated heterocycles. The highest BCUT2D eigenvalue weighted by Crippen LogP contribution is 2.35. The highest BCUT2D eigenvalue weighted by atomic mass is 19.4. The topological polar surface area (TPSA) is 81.1 Å². The highest BCUT2D eigenvalue weighted by molar-refractivity contribution is 5.91. The quantitative estimate of drug-likeness (QED) is 0.813. The molecule has 2 rings (SSSR count). The van der Waals surface area contributed by atoms with Crippen molar-refractivity contribution in [1.82, 2.24) is 20.1 Å². The van der Waals surface area contributed by atoms with E-state index in [9.17, 15) is 18.0 Å². The molecule has 0 radical (unpaired) electrons. The Labute approximate surface area is 148 Å². The van der Waals surface area contributed by atoms with Crippen LogP contribution in [0.25, 0.3) is 0 Å². The third-order valence-electron chi connectivity index (χ3n) is 3.53. The molecule has 1 unspecified atom stereocenters. The van der Waals surface area contributed by atoms with Crippen molar-refractivity contribution in [2.45, 2.75) is 39.5 Å². The van der Waals surface area contributed by atoms with E-state index in [4.69, 9.17) is 4.74 Å². The Hall–Kier alpha value is -2.78. The summed E-state index contributed by atoms with van der Waals surface area (Å²) in [4.78, 5) is 16.3. The van der Waals surface area contributed by atoms with E-state index in [0.29, 0.717) is 12.4 Å². The average molecular weight is 371 g/mol. The van der Waals surface area contributed by atoms with Crippen molar-refractivity contribution in [1.29, 1.82) is 0 Å². The molecule has 1 atom stereocenters. The molecule has 0 aliphatic rings. The van der Waals surface area contributed by atoms with Gasteiger partial charge in [0.15, 0.2) is 0 Å². The number of carbonyl (C=O) groups is 1. The third-order valence-corrected chi connectivity index (χ3v) is 3.53. The molecule has 0 aliphatic heterocycles. The molecule has 0 bridgehead atoms. The number of nitrogens with one attached hydrogen (secondary N) is 2. The Balaban J connectivity index is 2.16. The number of benzene rings is 1. The average Bonchev–Trinajstić information content (AvgIpc) is 3.04. The molecule has 26 heavy (non-hydrogen) atoms. The lowest BCUT2D eigenvalue weighted by Crippen LogP contribution is -2.33. The standard InChI is InChI=1S/C16H20F3N5O2/c1-4-24-14(20-9-21-24)10(3)22-15(25)23-12-8-11(16(17,18)19)6-7-13(12)26-5-2/h6-10H,4-5H2,1-3H3,(H2,22,23,25). The second-order valence-electron chi connectivity index (χ2n) is 5.40. The van der Waals surface area contributed by atoms with Crippen molar-refractivity contribution in [2.24, 2.45) is 0 Å². The van der Waals surface area contributed by atoms with Crippen molar-refractivity contribution in [3.8, 4) is 5.75 Å². The van der Waals surface area contributed by atoms with Crippen molar-refractivity contribution < 1.29 is 22.7 Å². The zero-order chi connectivity index (χ0) is 19.3. The molecule has 0 aliphatic carbocycles. The lowest BCUT2D eigenvalue weighted by molar-refractivity contribution is -0.137. The van der Waals surface area contributed by atoms with Gasteiger partial charge in [0.2, 0.25) is 0 Å². The van der Waals surface area contributed by atoms with Crippen molar-refractivity contribution in [3.63, 3.8) is 0 Å². The normalized spacial score (nSPS) is 12.5. The first-order chi connectivity index (χ1) is 12.3. The van der Waals surface area contributed by atoms with E-state index in [1.54, 1.807) is 18.5 Å². The molecule has 2 amide bonds. The number of hydrogen-bond donors (Lipinski definition) is 2. The molecular formula is C16H20F3N5O2. The molecule has 0 spiro atoms. The molecule has 142 valence electrons. The molecule has 1 aromatic heterocycles. The lowest BCUT2D eigenvalue weighted by atomic mass is 10.2. The minimum Gasteiger partial charge on any atom is -0.492 e. The van der Waals surface area contributed by atoms with E-state index in [0.717, 1.165) is 12.1 Å². The summed E-state index contributed by atoms with van der Waals surface area (Å²) in [5.74, 6) is 0.691. The fourth-order valence-corrected chi connectivity index (χ4v) is 2.36. The molecule has 0 saturated carbocycles. The molecular weight excluding hydrogens is 351 g/mol. The second-order valence-corrected chi connectivity index (χ2v) is 5.40. The van der Waals surface area contributed by atoms with Gasteiger partial charge in [-0.2, -0.15) is 18.3 Å². The predicted octanol–water partition coefficient (Wildman–Crippen LogP) is 3.60. The number of halogens is 3. The summed E-state index contributed by atoms with van der Waals surface area (Å²) in [5, 5.41) is 9.04. The molecule has 1 heterocycles. The number of aryl methyl sites for hydroxylation is 1. The maximum atomic E-state index is 12.9. The van der Waals surface area contributed by atoms with Gasteiger partial charge in [-0.25, -0.2) is 14.5 Å².